The molecule has 0 bridgehead atoms. The van der Waals surface area contributed by atoms with Crippen LogP contribution in [0.1, 0.15) is 30.5 Å². The first-order chi connectivity index (χ1) is 10.0. The highest BCUT2D eigenvalue weighted by molar-refractivity contribution is 9.10. The second-order valence-corrected chi connectivity index (χ2v) is 6.30. The smallest absolute Gasteiger partial charge is 0.133 e. The molecule has 0 aliphatic rings. The number of halogens is 3. The Balaban J connectivity index is 2.29. The summed E-state index contributed by atoms with van der Waals surface area (Å²) in [6, 6.07) is 10.9. The van der Waals surface area contributed by atoms with E-state index in [4.69, 9.17) is 33.7 Å². The van der Waals surface area contributed by atoms with Gasteiger partial charge in [-0.15, -0.1) is 0 Å². The number of ether oxygens (including phenoxy) is 1. The highest BCUT2D eigenvalue weighted by Crippen LogP contribution is 2.34. The Hall–Kier alpha value is -0.740. The lowest BCUT2D eigenvalue weighted by molar-refractivity contribution is 0.315. The maximum absolute atomic E-state index is 6.30. The van der Waals surface area contributed by atoms with Gasteiger partial charge < -0.3 is 10.5 Å². The zero-order valence-electron chi connectivity index (χ0n) is 11.6. The molecule has 112 valence electrons. The number of nitrogens with two attached hydrogens (primary N) is 1. The molecular weight excluding hydrogens is 373 g/mol. The van der Waals surface area contributed by atoms with E-state index < -0.39 is 0 Å². The third-order valence-electron chi connectivity index (χ3n) is 3.09. The van der Waals surface area contributed by atoms with Crippen LogP contribution in [0.4, 0.5) is 0 Å². The van der Waals surface area contributed by atoms with Crippen LogP contribution in [0.5, 0.6) is 5.75 Å². The standard InChI is InChI=1S/C16H16BrCl2NO/c1-2-8-21-14-7-6-10(9-12(14)17)16(20)11-4-3-5-13(18)15(11)19/h3-7,9,16H,2,8,20H2,1H3. The van der Waals surface area contributed by atoms with Gasteiger partial charge in [0.05, 0.1) is 27.2 Å². The molecule has 2 rings (SSSR count). The maximum atomic E-state index is 6.30. The van der Waals surface area contributed by atoms with Gasteiger partial charge in [-0.3, -0.25) is 0 Å². The van der Waals surface area contributed by atoms with E-state index in [0.717, 1.165) is 27.8 Å². The molecule has 0 amide bonds. The summed E-state index contributed by atoms with van der Waals surface area (Å²) >= 11 is 15.8. The minimum Gasteiger partial charge on any atom is -0.492 e. The van der Waals surface area contributed by atoms with E-state index >= 15 is 0 Å². The summed E-state index contributed by atoms with van der Waals surface area (Å²) in [5, 5.41) is 1.00. The Morgan fingerprint density at radius 1 is 1.24 bits per heavy atom. The van der Waals surface area contributed by atoms with Gasteiger partial charge in [0.15, 0.2) is 0 Å². The van der Waals surface area contributed by atoms with Crippen LogP contribution in [0.3, 0.4) is 0 Å². The molecule has 0 saturated heterocycles. The molecule has 0 radical (unpaired) electrons. The Kier molecular flexibility index (Phi) is 5.94. The van der Waals surface area contributed by atoms with Crippen LogP contribution in [-0.4, -0.2) is 6.61 Å². The van der Waals surface area contributed by atoms with Gasteiger partial charge >= 0.3 is 0 Å². The molecule has 21 heavy (non-hydrogen) atoms. The van der Waals surface area contributed by atoms with E-state index in [2.05, 4.69) is 22.9 Å². The molecule has 2 aromatic rings. The Morgan fingerprint density at radius 2 is 2.00 bits per heavy atom. The summed E-state index contributed by atoms with van der Waals surface area (Å²) in [6.07, 6.45) is 0.964. The van der Waals surface area contributed by atoms with Gasteiger partial charge in [-0.1, -0.05) is 48.3 Å². The summed E-state index contributed by atoms with van der Waals surface area (Å²) in [4.78, 5) is 0. The molecule has 0 spiro atoms. The first-order valence-corrected chi connectivity index (χ1v) is 8.21. The predicted molar refractivity (Wildman–Crippen MR) is 92.4 cm³/mol. The average molecular weight is 389 g/mol. The van der Waals surface area contributed by atoms with E-state index in [0.29, 0.717) is 16.7 Å². The van der Waals surface area contributed by atoms with E-state index in [1.807, 2.05) is 30.3 Å². The van der Waals surface area contributed by atoms with E-state index in [1.54, 1.807) is 6.07 Å². The second-order valence-electron chi connectivity index (χ2n) is 4.66. The fourth-order valence-corrected chi connectivity index (χ4v) is 2.92. The summed E-state index contributed by atoms with van der Waals surface area (Å²) in [6.45, 7) is 2.75. The van der Waals surface area contributed by atoms with Crippen molar-refractivity contribution >= 4 is 39.1 Å². The van der Waals surface area contributed by atoms with E-state index in [9.17, 15) is 0 Å². The number of hydrogen-bond donors (Lipinski definition) is 1. The molecule has 2 nitrogen and oxygen atoms in total. The molecule has 0 fully saturated rings. The van der Waals surface area contributed by atoms with Crippen molar-refractivity contribution in [2.45, 2.75) is 19.4 Å². The molecule has 0 aliphatic carbocycles. The number of rotatable bonds is 5. The summed E-state index contributed by atoms with van der Waals surface area (Å²) in [5.41, 5.74) is 8.04. The van der Waals surface area contributed by atoms with Crippen LogP contribution in [0, 0.1) is 0 Å². The third kappa shape index (κ3) is 3.92. The molecule has 2 aromatic carbocycles. The highest BCUT2D eigenvalue weighted by atomic mass is 79.9. The summed E-state index contributed by atoms with van der Waals surface area (Å²) < 4.78 is 6.51. The minimum atomic E-state index is -0.340. The third-order valence-corrected chi connectivity index (χ3v) is 4.55. The molecule has 0 heterocycles. The van der Waals surface area contributed by atoms with Crippen molar-refractivity contribution in [3.8, 4) is 5.75 Å². The van der Waals surface area contributed by atoms with Crippen molar-refractivity contribution in [1.29, 1.82) is 0 Å². The molecule has 1 unspecified atom stereocenters. The fourth-order valence-electron chi connectivity index (χ4n) is 1.98. The Morgan fingerprint density at radius 3 is 2.67 bits per heavy atom. The molecule has 1 atom stereocenters. The van der Waals surface area contributed by atoms with Crippen molar-refractivity contribution in [2.75, 3.05) is 6.61 Å². The van der Waals surface area contributed by atoms with Gasteiger partial charge in [-0.25, -0.2) is 0 Å². The van der Waals surface area contributed by atoms with Crippen LogP contribution in [0.15, 0.2) is 40.9 Å². The molecule has 0 saturated carbocycles. The lowest BCUT2D eigenvalue weighted by Gasteiger charge is -2.16. The first-order valence-electron chi connectivity index (χ1n) is 6.66. The molecular formula is C16H16BrCl2NO. The monoisotopic (exact) mass is 387 g/mol. The summed E-state index contributed by atoms with van der Waals surface area (Å²) in [5.74, 6) is 0.810. The number of hydrogen-bond acceptors (Lipinski definition) is 2. The van der Waals surface area contributed by atoms with Gasteiger partial charge in [0, 0.05) is 0 Å². The SMILES string of the molecule is CCCOc1ccc(C(N)c2cccc(Cl)c2Cl)cc1Br. The van der Waals surface area contributed by atoms with Crippen molar-refractivity contribution in [3.05, 3.63) is 62.0 Å². The fraction of sp³-hybridized carbons (Fsp3) is 0.250. The topological polar surface area (TPSA) is 35.2 Å². The summed E-state index contributed by atoms with van der Waals surface area (Å²) in [7, 11) is 0. The van der Waals surface area contributed by atoms with Crippen LogP contribution in [-0.2, 0) is 0 Å². The van der Waals surface area contributed by atoms with Crippen molar-refractivity contribution in [2.24, 2.45) is 5.73 Å². The average Bonchev–Trinajstić information content (AvgIpc) is 2.48. The quantitative estimate of drug-likeness (QED) is 0.724. The van der Waals surface area contributed by atoms with Crippen molar-refractivity contribution < 1.29 is 4.74 Å². The second kappa shape index (κ2) is 7.50. The van der Waals surface area contributed by atoms with Crippen LogP contribution in [0.2, 0.25) is 10.0 Å². The molecule has 0 aliphatic heterocycles. The van der Waals surface area contributed by atoms with E-state index in [1.165, 1.54) is 0 Å². The van der Waals surface area contributed by atoms with Gasteiger partial charge in [-0.05, 0) is 51.7 Å². The molecule has 0 aromatic heterocycles. The van der Waals surface area contributed by atoms with Crippen molar-refractivity contribution in [1.82, 2.24) is 0 Å². The van der Waals surface area contributed by atoms with Gasteiger partial charge in [-0.2, -0.15) is 0 Å². The van der Waals surface area contributed by atoms with Crippen LogP contribution < -0.4 is 10.5 Å². The highest BCUT2D eigenvalue weighted by Gasteiger charge is 2.15. The Labute approximate surface area is 143 Å². The van der Waals surface area contributed by atoms with Gasteiger partial charge in [0.1, 0.15) is 5.75 Å². The lowest BCUT2D eigenvalue weighted by atomic mass is 9.99. The minimum absolute atomic E-state index is 0.340. The zero-order valence-corrected chi connectivity index (χ0v) is 14.7. The van der Waals surface area contributed by atoms with Gasteiger partial charge in [0.25, 0.3) is 0 Å². The largest absolute Gasteiger partial charge is 0.492 e. The lowest BCUT2D eigenvalue weighted by Crippen LogP contribution is -2.12. The van der Waals surface area contributed by atoms with Crippen LogP contribution >= 0.6 is 39.1 Å². The van der Waals surface area contributed by atoms with Crippen LogP contribution in [0.25, 0.3) is 0 Å². The zero-order chi connectivity index (χ0) is 15.4. The maximum Gasteiger partial charge on any atom is 0.133 e. The van der Waals surface area contributed by atoms with Gasteiger partial charge in [0.2, 0.25) is 0 Å². The molecule has 2 N–H and O–H groups in total. The first kappa shape index (κ1) is 16.6. The predicted octanol–water partition coefficient (Wildman–Crippen LogP) is 5.59. The Bertz CT molecular complexity index is 634. The van der Waals surface area contributed by atoms with Crippen molar-refractivity contribution in [3.63, 3.8) is 0 Å². The molecule has 5 heteroatoms. The normalized spacial score (nSPS) is 12.2. The number of benzene rings is 2. The van der Waals surface area contributed by atoms with E-state index in [-0.39, 0.29) is 6.04 Å².